The van der Waals surface area contributed by atoms with Gasteiger partial charge in [0.05, 0.1) is 7.11 Å². The molecule has 19 heavy (non-hydrogen) atoms. The second-order valence-electron chi connectivity index (χ2n) is 5.57. The summed E-state index contributed by atoms with van der Waals surface area (Å²) in [5.41, 5.74) is 2.73. The first-order valence-electron chi connectivity index (χ1n) is 7.21. The largest absolute Gasteiger partial charge is 0.497 e. The Hall–Kier alpha value is -1.51. The maximum atomic E-state index is 12.2. The highest BCUT2D eigenvalue weighted by Gasteiger charge is 2.42. The van der Waals surface area contributed by atoms with Crippen LogP contribution in [0.3, 0.4) is 0 Å². The summed E-state index contributed by atoms with van der Waals surface area (Å²) in [6, 6.07) is 6.73. The Balaban J connectivity index is 1.95. The Kier molecular flexibility index (Phi) is 3.21. The molecular weight excluding hydrogens is 238 g/mol. The maximum absolute atomic E-state index is 12.2. The van der Waals surface area contributed by atoms with Gasteiger partial charge in [-0.1, -0.05) is 13.0 Å². The summed E-state index contributed by atoms with van der Waals surface area (Å²) in [4.78, 5) is 14.3. The zero-order chi connectivity index (χ0) is 13.4. The number of nitrogens with zero attached hydrogens (tertiary/aromatic N) is 1. The molecule has 0 saturated carbocycles. The summed E-state index contributed by atoms with van der Waals surface area (Å²) in [6.07, 6.45) is 3.90. The van der Waals surface area contributed by atoms with Crippen molar-refractivity contribution >= 4 is 5.91 Å². The van der Waals surface area contributed by atoms with Gasteiger partial charge in [0.25, 0.3) is 0 Å². The van der Waals surface area contributed by atoms with E-state index in [9.17, 15) is 4.79 Å². The van der Waals surface area contributed by atoms with Gasteiger partial charge in [0.1, 0.15) is 5.75 Å². The van der Waals surface area contributed by atoms with Crippen molar-refractivity contribution in [2.75, 3.05) is 13.7 Å². The van der Waals surface area contributed by atoms with Crippen molar-refractivity contribution in [2.24, 2.45) is 0 Å². The monoisotopic (exact) mass is 259 g/mol. The summed E-state index contributed by atoms with van der Waals surface area (Å²) < 4.78 is 5.33. The van der Waals surface area contributed by atoms with Crippen LogP contribution >= 0.6 is 0 Å². The molecular formula is C16H21NO2. The predicted molar refractivity (Wildman–Crippen MR) is 74.5 cm³/mol. The fourth-order valence-electron chi connectivity index (χ4n) is 3.63. The van der Waals surface area contributed by atoms with E-state index in [0.29, 0.717) is 24.3 Å². The highest BCUT2D eigenvalue weighted by Crippen LogP contribution is 2.43. The molecule has 0 bridgehead atoms. The third kappa shape index (κ3) is 2.01. The minimum atomic E-state index is 0.326. The number of amides is 1. The number of carbonyl (C=O) groups is 1. The third-order valence-corrected chi connectivity index (χ3v) is 4.51. The molecule has 1 aliphatic heterocycles. The molecule has 3 nitrogen and oxygen atoms in total. The first-order valence-corrected chi connectivity index (χ1v) is 7.21. The Bertz CT molecular complexity index is 498. The van der Waals surface area contributed by atoms with Crippen LogP contribution in [0.2, 0.25) is 0 Å². The molecule has 3 heteroatoms. The van der Waals surface area contributed by atoms with Crippen LogP contribution in [0.5, 0.6) is 5.75 Å². The van der Waals surface area contributed by atoms with Crippen molar-refractivity contribution in [3.05, 3.63) is 29.3 Å². The molecule has 1 heterocycles. The lowest BCUT2D eigenvalue weighted by molar-refractivity contribution is -0.129. The fraction of sp³-hybridized carbons (Fsp3) is 0.562. The summed E-state index contributed by atoms with van der Waals surface area (Å²) in [5, 5.41) is 0. The average Bonchev–Trinajstić information content (AvgIpc) is 2.76. The molecule has 0 N–H and O–H groups in total. The first kappa shape index (κ1) is 12.5. The van der Waals surface area contributed by atoms with E-state index >= 15 is 0 Å². The van der Waals surface area contributed by atoms with E-state index in [0.717, 1.165) is 31.6 Å². The van der Waals surface area contributed by atoms with Crippen LogP contribution in [0.15, 0.2) is 18.2 Å². The molecule has 102 valence electrons. The van der Waals surface area contributed by atoms with Crippen LogP contribution in [0.4, 0.5) is 0 Å². The summed E-state index contributed by atoms with van der Waals surface area (Å²) >= 11 is 0. The Morgan fingerprint density at radius 2 is 2.26 bits per heavy atom. The minimum absolute atomic E-state index is 0.326. The van der Waals surface area contributed by atoms with Gasteiger partial charge in [-0.25, -0.2) is 0 Å². The molecule has 1 fully saturated rings. The van der Waals surface area contributed by atoms with Gasteiger partial charge in [0.15, 0.2) is 0 Å². The molecule has 3 rings (SSSR count). The van der Waals surface area contributed by atoms with Gasteiger partial charge in [0.2, 0.25) is 5.91 Å². The number of aryl methyl sites for hydroxylation is 1. The van der Waals surface area contributed by atoms with Crippen molar-refractivity contribution in [3.63, 3.8) is 0 Å². The molecule has 0 spiro atoms. The van der Waals surface area contributed by atoms with Gasteiger partial charge in [-0.3, -0.25) is 4.79 Å². The van der Waals surface area contributed by atoms with Crippen LogP contribution in [0, 0.1) is 0 Å². The zero-order valence-corrected chi connectivity index (χ0v) is 11.7. The van der Waals surface area contributed by atoms with Crippen molar-refractivity contribution in [3.8, 4) is 5.75 Å². The number of benzene rings is 1. The van der Waals surface area contributed by atoms with E-state index in [1.54, 1.807) is 7.11 Å². The minimum Gasteiger partial charge on any atom is -0.497 e. The molecule has 1 saturated heterocycles. The zero-order valence-electron chi connectivity index (χ0n) is 11.7. The van der Waals surface area contributed by atoms with Crippen LogP contribution in [0.25, 0.3) is 0 Å². The Morgan fingerprint density at radius 1 is 1.42 bits per heavy atom. The highest BCUT2D eigenvalue weighted by molar-refractivity contribution is 5.81. The van der Waals surface area contributed by atoms with Crippen molar-refractivity contribution in [1.29, 1.82) is 0 Å². The van der Waals surface area contributed by atoms with Crippen molar-refractivity contribution in [1.82, 2.24) is 4.90 Å². The molecule has 2 aliphatic rings. The van der Waals surface area contributed by atoms with E-state index in [1.165, 1.54) is 11.1 Å². The van der Waals surface area contributed by atoms with Crippen LogP contribution in [0.1, 0.15) is 43.2 Å². The van der Waals surface area contributed by atoms with Gasteiger partial charge in [0, 0.05) is 24.9 Å². The quantitative estimate of drug-likeness (QED) is 0.835. The summed E-state index contributed by atoms with van der Waals surface area (Å²) in [7, 11) is 1.70. The second-order valence-corrected chi connectivity index (χ2v) is 5.57. The Labute approximate surface area is 114 Å². The molecule has 1 aliphatic carbocycles. The standard InChI is InChI=1S/C16H21NO2/c1-3-8-17-15-7-5-11-4-6-12(19-2)9-13(11)14(15)10-16(17)18/h4,6,9,14-15H,3,5,7-8,10H2,1-2H3/t14-,15-/m0/s1. The molecule has 1 aromatic carbocycles. The number of methoxy groups -OCH3 is 1. The third-order valence-electron chi connectivity index (χ3n) is 4.51. The number of fused-ring (bicyclic) bond motifs is 3. The second kappa shape index (κ2) is 4.87. The van der Waals surface area contributed by atoms with Gasteiger partial charge >= 0.3 is 0 Å². The topological polar surface area (TPSA) is 29.5 Å². The van der Waals surface area contributed by atoms with E-state index < -0.39 is 0 Å². The van der Waals surface area contributed by atoms with Gasteiger partial charge in [-0.05, 0) is 42.5 Å². The molecule has 0 unspecified atom stereocenters. The summed E-state index contributed by atoms with van der Waals surface area (Å²) in [6.45, 7) is 3.04. The van der Waals surface area contributed by atoms with Gasteiger partial charge in [-0.15, -0.1) is 0 Å². The van der Waals surface area contributed by atoms with E-state index in [2.05, 4.69) is 24.0 Å². The molecule has 0 aromatic heterocycles. The number of hydrogen-bond acceptors (Lipinski definition) is 2. The predicted octanol–water partition coefficient (Wildman–Crippen LogP) is 2.74. The smallest absolute Gasteiger partial charge is 0.223 e. The lowest BCUT2D eigenvalue weighted by atomic mass is 9.79. The number of likely N-dealkylation sites (tertiary alicyclic amines) is 1. The lowest BCUT2D eigenvalue weighted by Gasteiger charge is -2.33. The fourth-order valence-corrected chi connectivity index (χ4v) is 3.63. The normalized spacial score (nSPS) is 25.2. The molecule has 0 radical (unpaired) electrons. The van der Waals surface area contributed by atoms with Gasteiger partial charge in [-0.2, -0.15) is 0 Å². The van der Waals surface area contributed by atoms with Gasteiger partial charge < -0.3 is 9.64 Å². The number of ether oxygens (including phenoxy) is 1. The average molecular weight is 259 g/mol. The Morgan fingerprint density at radius 3 is 3.00 bits per heavy atom. The number of rotatable bonds is 3. The lowest BCUT2D eigenvalue weighted by Crippen LogP contribution is -2.37. The van der Waals surface area contributed by atoms with Crippen molar-refractivity contribution in [2.45, 2.75) is 44.6 Å². The maximum Gasteiger partial charge on any atom is 0.223 e. The van der Waals surface area contributed by atoms with Crippen LogP contribution < -0.4 is 4.74 Å². The van der Waals surface area contributed by atoms with E-state index in [4.69, 9.17) is 4.74 Å². The van der Waals surface area contributed by atoms with Crippen LogP contribution in [-0.2, 0) is 11.2 Å². The molecule has 1 amide bonds. The SMILES string of the molecule is CCCN1C(=O)C[C@H]2c3cc(OC)ccc3CC[C@@H]21. The van der Waals surface area contributed by atoms with E-state index in [1.807, 2.05) is 6.07 Å². The first-order chi connectivity index (χ1) is 9.24. The number of hydrogen-bond donors (Lipinski definition) is 0. The molecule has 2 atom stereocenters. The molecule has 1 aromatic rings. The van der Waals surface area contributed by atoms with Crippen LogP contribution in [-0.4, -0.2) is 30.5 Å². The highest BCUT2D eigenvalue weighted by atomic mass is 16.5. The summed E-state index contributed by atoms with van der Waals surface area (Å²) in [5.74, 6) is 1.60. The van der Waals surface area contributed by atoms with E-state index in [-0.39, 0.29) is 0 Å². The van der Waals surface area contributed by atoms with Crippen molar-refractivity contribution < 1.29 is 9.53 Å². The number of carbonyl (C=O) groups excluding carboxylic acids is 1.